The van der Waals surface area contributed by atoms with Gasteiger partial charge in [0.15, 0.2) is 12.4 Å². The summed E-state index contributed by atoms with van der Waals surface area (Å²) in [5, 5.41) is 2.65. The number of methoxy groups -OCH3 is 1. The van der Waals surface area contributed by atoms with E-state index in [0.717, 1.165) is 0 Å². The molecule has 2 aromatic carbocycles. The normalized spacial score (nSPS) is 10.0. The van der Waals surface area contributed by atoms with Crippen molar-refractivity contribution >= 4 is 23.3 Å². The van der Waals surface area contributed by atoms with Crippen molar-refractivity contribution in [3.05, 3.63) is 59.2 Å². The van der Waals surface area contributed by atoms with Crippen LogP contribution in [-0.2, 0) is 9.53 Å². The number of Topliss-reactive ketones (excluding diaryl/α,β-unsaturated/α-hetero) is 1. The van der Waals surface area contributed by atoms with Crippen LogP contribution in [0.4, 0.5) is 5.69 Å². The third-order valence-electron chi connectivity index (χ3n) is 3.57. The van der Waals surface area contributed by atoms with E-state index in [-0.39, 0.29) is 12.4 Å². The Bertz CT molecular complexity index is 796. The molecule has 0 radical (unpaired) electrons. The number of esters is 1. The van der Waals surface area contributed by atoms with Crippen LogP contribution in [0.5, 0.6) is 5.75 Å². The molecule has 0 bridgehead atoms. The van der Waals surface area contributed by atoms with Gasteiger partial charge in [-0.25, -0.2) is 4.79 Å². The van der Waals surface area contributed by atoms with E-state index in [1.165, 1.54) is 14.0 Å². The monoisotopic (exact) mass is 341 g/mol. The highest BCUT2D eigenvalue weighted by Crippen LogP contribution is 2.20. The average Bonchev–Trinajstić information content (AvgIpc) is 2.60. The van der Waals surface area contributed by atoms with Crippen molar-refractivity contribution in [3.63, 3.8) is 0 Å². The number of hydrogen-bond donors (Lipinski definition) is 1. The van der Waals surface area contributed by atoms with Gasteiger partial charge >= 0.3 is 5.97 Å². The largest absolute Gasteiger partial charge is 0.484 e. The van der Waals surface area contributed by atoms with Crippen LogP contribution in [0.15, 0.2) is 42.5 Å². The molecule has 2 rings (SSSR count). The minimum Gasteiger partial charge on any atom is -0.484 e. The van der Waals surface area contributed by atoms with E-state index in [0.29, 0.717) is 28.1 Å². The Morgan fingerprint density at radius 1 is 1.04 bits per heavy atom. The Balaban J connectivity index is 2.02. The van der Waals surface area contributed by atoms with Crippen molar-refractivity contribution in [2.24, 2.45) is 0 Å². The molecule has 0 aromatic heterocycles. The van der Waals surface area contributed by atoms with Gasteiger partial charge in [-0.05, 0) is 49.7 Å². The number of ketones is 1. The third kappa shape index (κ3) is 4.67. The van der Waals surface area contributed by atoms with E-state index < -0.39 is 11.9 Å². The molecule has 0 heterocycles. The quantitative estimate of drug-likeness (QED) is 0.645. The maximum absolute atomic E-state index is 12.1. The number of benzene rings is 2. The molecule has 0 spiro atoms. The standard InChI is InChI=1S/C19H19NO5/c1-12-5-4-6-16(18(12)19(23)24-3)20-17(22)11-25-15-9-7-14(8-10-15)13(2)21/h4-10H,11H2,1-3H3,(H,20,22). The molecule has 25 heavy (non-hydrogen) atoms. The first-order valence-electron chi connectivity index (χ1n) is 7.64. The lowest BCUT2D eigenvalue weighted by atomic mass is 10.1. The highest BCUT2D eigenvalue weighted by Gasteiger charge is 2.16. The molecular weight excluding hydrogens is 322 g/mol. The number of anilines is 1. The predicted octanol–water partition coefficient (Wildman–Crippen LogP) is 3.00. The highest BCUT2D eigenvalue weighted by molar-refractivity contribution is 6.02. The van der Waals surface area contributed by atoms with Gasteiger partial charge in [-0.15, -0.1) is 0 Å². The first-order valence-corrected chi connectivity index (χ1v) is 7.64. The molecule has 0 atom stereocenters. The van der Waals surface area contributed by atoms with Gasteiger partial charge in [0.05, 0.1) is 18.4 Å². The van der Waals surface area contributed by atoms with Crippen molar-refractivity contribution in [1.29, 1.82) is 0 Å². The van der Waals surface area contributed by atoms with E-state index in [2.05, 4.69) is 5.32 Å². The first-order chi connectivity index (χ1) is 11.9. The van der Waals surface area contributed by atoms with Crippen LogP contribution in [0.2, 0.25) is 0 Å². The molecule has 0 aliphatic rings. The number of carbonyl (C=O) groups is 3. The number of nitrogens with one attached hydrogen (secondary N) is 1. The van der Waals surface area contributed by atoms with Crippen LogP contribution in [0.25, 0.3) is 0 Å². The molecule has 0 unspecified atom stereocenters. The van der Waals surface area contributed by atoms with Crippen molar-refractivity contribution in [1.82, 2.24) is 0 Å². The number of hydrogen-bond acceptors (Lipinski definition) is 5. The molecule has 0 aliphatic heterocycles. The van der Waals surface area contributed by atoms with Crippen molar-refractivity contribution < 1.29 is 23.9 Å². The summed E-state index contributed by atoms with van der Waals surface area (Å²) in [4.78, 5) is 35.2. The lowest BCUT2D eigenvalue weighted by molar-refractivity contribution is -0.118. The van der Waals surface area contributed by atoms with Crippen LogP contribution in [0, 0.1) is 6.92 Å². The zero-order valence-corrected chi connectivity index (χ0v) is 14.3. The maximum atomic E-state index is 12.1. The van der Waals surface area contributed by atoms with Gasteiger partial charge in [-0.1, -0.05) is 12.1 Å². The lowest BCUT2D eigenvalue weighted by Gasteiger charge is -2.12. The second-order valence-electron chi connectivity index (χ2n) is 5.41. The summed E-state index contributed by atoms with van der Waals surface area (Å²) >= 11 is 0. The Labute approximate surface area is 145 Å². The van der Waals surface area contributed by atoms with Crippen molar-refractivity contribution in [2.45, 2.75) is 13.8 Å². The van der Waals surface area contributed by atoms with Crippen LogP contribution >= 0.6 is 0 Å². The van der Waals surface area contributed by atoms with Gasteiger partial charge in [0.25, 0.3) is 5.91 Å². The second kappa shape index (κ2) is 8.10. The van der Waals surface area contributed by atoms with Crippen LogP contribution in [0.1, 0.15) is 33.2 Å². The predicted molar refractivity (Wildman–Crippen MR) is 93.1 cm³/mol. The van der Waals surface area contributed by atoms with Gasteiger partial charge in [0, 0.05) is 5.56 Å². The summed E-state index contributed by atoms with van der Waals surface area (Å²) in [6.07, 6.45) is 0. The van der Waals surface area contributed by atoms with Gasteiger partial charge < -0.3 is 14.8 Å². The minimum atomic E-state index is -0.519. The van der Waals surface area contributed by atoms with Crippen molar-refractivity contribution in [2.75, 3.05) is 19.0 Å². The summed E-state index contributed by atoms with van der Waals surface area (Å²) in [5.41, 5.74) is 1.95. The molecule has 0 aliphatic carbocycles. The molecule has 0 saturated heterocycles. The molecule has 0 saturated carbocycles. The summed E-state index contributed by atoms with van der Waals surface area (Å²) in [6, 6.07) is 11.6. The Kier molecular flexibility index (Phi) is 5.89. The Morgan fingerprint density at radius 2 is 1.72 bits per heavy atom. The smallest absolute Gasteiger partial charge is 0.340 e. The van der Waals surface area contributed by atoms with E-state index in [9.17, 15) is 14.4 Å². The van der Waals surface area contributed by atoms with E-state index in [1.54, 1.807) is 49.4 Å². The van der Waals surface area contributed by atoms with E-state index in [4.69, 9.17) is 9.47 Å². The Hall–Kier alpha value is -3.15. The zero-order valence-electron chi connectivity index (χ0n) is 14.3. The molecule has 1 amide bonds. The van der Waals surface area contributed by atoms with Crippen molar-refractivity contribution in [3.8, 4) is 5.75 Å². The molecule has 6 nitrogen and oxygen atoms in total. The van der Waals surface area contributed by atoms with Crippen LogP contribution in [-0.4, -0.2) is 31.4 Å². The van der Waals surface area contributed by atoms with Gasteiger partial charge in [0.2, 0.25) is 0 Å². The van der Waals surface area contributed by atoms with Crippen LogP contribution in [0.3, 0.4) is 0 Å². The number of carbonyl (C=O) groups excluding carboxylic acids is 3. The number of amides is 1. The fourth-order valence-electron chi connectivity index (χ4n) is 2.27. The first kappa shape index (κ1) is 18.2. The van der Waals surface area contributed by atoms with E-state index >= 15 is 0 Å². The molecule has 6 heteroatoms. The molecule has 130 valence electrons. The summed E-state index contributed by atoms with van der Waals surface area (Å²) < 4.78 is 10.1. The number of rotatable bonds is 6. The maximum Gasteiger partial charge on any atom is 0.340 e. The fourth-order valence-corrected chi connectivity index (χ4v) is 2.27. The van der Waals surface area contributed by atoms with Gasteiger partial charge in [0.1, 0.15) is 5.75 Å². The second-order valence-corrected chi connectivity index (χ2v) is 5.41. The van der Waals surface area contributed by atoms with Gasteiger partial charge in [-0.2, -0.15) is 0 Å². The molecule has 2 aromatic rings. The Morgan fingerprint density at radius 3 is 2.32 bits per heavy atom. The summed E-state index contributed by atoms with van der Waals surface area (Å²) in [5.74, 6) is -0.503. The average molecular weight is 341 g/mol. The molecular formula is C19H19NO5. The zero-order chi connectivity index (χ0) is 18.4. The summed E-state index contributed by atoms with van der Waals surface area (Å²) in [6.45, 7) is 3.01. The fraction of sp³-hybridized carbons (Fsp3) is 0.211. The lowest BCUT2D eigenvalue weighted by Crippen LogP contribution is -2.22. The molecule has 1 N–H and O–H groups in total. The topological polar surface area (TPSA) is 81.7 Å². The number of aryl methyl sites for hydroxylation is 1. The van der Waals surface area contributed by atoms with Gasteiger partial charge in [-0.3, -0.25) is 9.59 Å². The minimum absolute atomic E-state index is 0.0425. The molecule has 0 fully saturated rings. The SMILES string of the molecule is COC(=O)c1c(C)cccc1NC(=O)COc1ccc(C(C)=O)cc1. The number of ether oxygens (including phenoxy) is 2. The van der Waals surface area contributed by atoms with Crippen LogP contribution < -0.4 is 10.1 Å². The summed E-state index contributed by atoms with van der Waals surface area (Å²) in [7, 11) is 1.29. The van der Waals surface area contributed by atoms with E-state index in [1.807, 2.05) is 0 Å². The third-order valence-corrected chi connectivity index (χ3v) is 3.57. The highest BCUT2D eigenvalue weighted by atomic mass is 16.5.